The van der Waals surface area contributed by atoms with Crippen molar-refractivity contribution in [3.63, 3.8) is 0 Å². The fraction of sp³-hybridized carbons (Fsp3) is 0.441. The number of aryl methyl sites for hydroxylation is 1. The Balaban J connectivity index is 1.02. The number of unbranched alkanes of at least 4 members (excludes halogenated alkanes) is 2. The molecule has 2 fully saturated rings. The molecule has 4 aliphatic heterocycles. The van der Waals surface area contributed by atoms with E-state index in [4.69, 9.17) is 24.7 Å². The monoisotopic (exact) mass is 600 g/mol. The highest BCUT2D eigenvalue weighted by Gasteiger charge is 2.43. The lowest BCUT2D eigenvalue weighted by Crippen LogP contribution is -2.54. The molecule has 0 bridgehead atoms. The van der Waals surface area contributed by atoms with E-state index in [0.717, 1.165) is 55.2 Å². The lowest BCUT2D eigenvalue weighted by molar-refractivity contribution is 0.0702. The van der Waals surface area contributed by atoms with E-state index < -0.39 is 5.66 Å². The number of hydrogen-bond acceptors (Lipinski definition) is 8. The predicted octanol–water partition coefficient (Wildman–Crippen LogP) is 4.82. The number of hydrogen-bond donors (Lipinski definition) is 1. The van der Waals surface area contributed by atoms with Crippen molar-refractivity contribution in [1.29, 1.82) is 0 Å². The highest BCUT2D eigenvalue weighted by molar-refractivity contribution is 6.04. The summed E-state index contributed by atoms with van der Waals surface area (Å²) in [6.07, 6.45) is 7.22. The molecule has 10 nitrogen and oxygen atoms in total. The molecule has 0 spiro atoms. The average molecular weight is 601 g/mol. The van der Waals surface area contributed by atoms with E-state index in [1.807, 2.05) is 17.0 Å². The van der Waals surface area contributed by atoms with Crippen LogP contribution in [0.3, 0.4) is 0 Å². The zero-order chi connectivity index (χ0) is 31.0. The molecule has 0 saturated carbocycles. The zero-order valence-corrected chi connectivity index (χ0v) is 25.5. The first-order valence-electron chi connectivity index (χ1n) is 15.2. The van der Waals surface area contributed by atoms with Gasteiger partial charge in [0, 0.05) is 43.4 Å². The molecule has 10 heteroatoms. The second-order valence-electron chi connectivity index (χ2n) is 12.1. The average Bonchev–Trinajstić information content (AvgIpc) is 3.48. The van der Waals surface area contributed by atoms with Gasteiger partial charge in [-0.2, -0.15) is 0 Å². The van der Waals surface area contributed by atoms with Crippen LogP contribution in [0.5, 0.6) is 23.0 Å². The zero-order valence-electron chi connectivity index (χ0n) is 25.5. The molecule has 232 valence electrons. The van der Waals surface area contributed by atoms with Crippen molar-refractivity contribution in [3.8, 4) is 23.0 Å². The van der Waals surface area contributed by atoms with Crippen LogP contribution in [0.25, 0.3) is 0 Å². The highest BCUT2D eigenvalue weighted by Crippen LogP contribution is 2.40. The first kappa shape index (κ1) is 29.7. The molecule has 44 heavy (non-hydrogen) atoms. The van der Waals surface area contributed by atoms with E-state index in [2.05, 4.69) is 18.2 Å². The highest BCUT2D eigenvalue weighted by atomic mass is 16.5. The number of methoxy groups -OCH3 is 2. The summed E-state index contributed by atoms with van der Waals surface area (Å²) in [5.74, 6) is 2.07. The molecule has 6 rings (SSSR count). The molecular formula is C34H40N4O6. The molecule has 4 aliphatic rings. The second kappa shape index (κ2) is 12.0. The van der Waals surface area contributed by atoms with E-state index in [-0.39, 0.29) is 17.9 Å². The Morgan fingerprint density at radius 2 is 1.57 bits per heavy atom. The fourth-order valence-electron chi connectivity index (χ4n) is 6.60. The van der Waals surface area contributed by atoms with Crippen LogP contribution in [0.1, 0.15) is 64.8 Å². The molecule has 2 amide bonds. The van der Waals surface area contributed by atoms with Crippen LogP contribution < -0.4 is 24.7 Å². The van der Waals surface area contributed by atoms with Crippen LogP contribution in [-0.4, -0.2) is 80.1 Å². The molecule has 2 saturated heterocycles. The number of amides is 2. The van der Waals surface area contributed by atoms with Gasteiger partial charge in [0.25, 0.3) is 11.8 Å². The Morgan fingerprint density at radius 1 is 0.886 bits per heavy atom. The van der Waals surface area contributed by atoms with Gasteiger partial charge in [0.1, 0.15) is 5.66 Å². The van der Waals surface area contributed by atoms with Crippen LogP contribution >= 0.6 is 0 Å². The number of carbonyl (C=O) groups is 2. The molecule has 2 atom stereocenters. The van der Waals surface area contributed by atoms with Crippen molar-refractivity contribution in [3.05, 3.63) is 65.3 Å². The Labute approximate surface area is 258 Å². The fourth-order valence-corrected chi connectivity index (χ4v) is 6.60. The molecule has 0 aliphatic carbocycles. The summed E-state index contributed by atoms with van der Waals surface area (Å²) in [4.78, 5) is 34.6. The number of nitrogens with zero attached hydrogens (tertiary/aromatic N) is 3. The van der Waals surface area contributed by atoms with E-state index in [9.17, 15) is 9.59 Å². The minimum absolute atomic E-state index is 0.0467. The summed E-state index contributed by atoms with van der Waals surface area (Å²) in [5, 5.41) is 0. The topological polar surface area (TPSA) is 116 Å². The van der Waals surface area contributed by atoms with Gasteiger partial charge in [0.2, 0.25) is 0 Å². The molecule has 0 radical (unpaired) electrons. The molecule has 2 aromatic rings. The van der Waals surface area contributed by atoms with Crippen LogP contribution in [-0.2, 0) is 6.42 Å². The van der Waals surface area contributed by atoms with Gasteiger partial charge in [0.15, 0.2) is 23.0 Å². The minimum Gasteiger partial charge on any atom is -0.493 e. The van der Waals surface area contributed by atoms with E-state index >= 15 is 0 Å². The molecule has 2 aromatic carbocycles. The van der Waals surface area contributed by atoms with E-state index in [0.29, 0.717) is 72.5 Å². The van der Waals surface area contributed by atoms with E-state index in [1.54, 1.807) is 37.5 Å². The third kappa shape index (κ3) is 5.54. The summed E-state index contributed by atoms with van der Waals surface area (Å²) in [6.45, 7) is 10.1. The van der Waals surface area contributed by atoms with Crippen LogP contribution in [0, 0.1) is 0 Å². The lowest BCUT2D eigenvalue weighted by atomic mass is 10.00. The summed E-state index contributed by atoms with van der Waals surface area (Å²) < 4.78 is 23.3. The molecule has 0 aromatic heterocycles. The van der Waals surface area contributed by atoms with Crippen molar-refractivity contribution in [1.82, 2.24) is 9.80 Å². The first-order chi connectivity index (χ1) is 21.2. The third-order valence-electron chi connectivity index (χ3n) is 8.89. The lowest BCUT2D eigenvalue weighted by Gasteiger charge is -2.29. The maximum absolute atomic E-state index is 13.3. The van der Waals surface area contributed by atoms with Crippen molar-refractivity contribution in [2.75, 3.05) is 40.5 Å². The number of aliphatic imine (C=N–C) groups is 1. The Bertz CT molecular complexity index is 1550. The summed E-state index contributed by atoms with van der Waals surface area (Å²) >= 11 is 0. The maximum atomic E-state index is 13.3. The van der Waals surface area contributed by atoms with Gasteiger partial charge in [-0.1, -0.05) is 24.3 Å². The second-order valence-corrected chi connectivity index (χ2v) is 12.1. The van der Waals surface area contributed by atoms with Crippen molar-refractivity contribution in [2.24, 2.45) is 10.7 Å². The number of rotatable bonds is 10. The predicted molar refractivity (Wildman–Crippen MR) is 168 cm³/mol. The number of ether oxygens (including phenoxy) is 4. The van der Waals surface area contributed by atoms with E-state index in [1.165, 1.54) is 0 Å². The SMILES string of the molecule is C=C1C[C@H]2CCc3cc(OCCCCCOc4cc5c(cc4OC)C(=O)N4CC(=C)C[C@@]4(N)C=N5)c(OC)cc3C(=O)N2C1. The number of benzene rings is 2. The number of carbonyl (C=O) groups excluding carboxylic acids is 2. The van der Waals surface area contributed by atoms with Gasteiger partial charge in [-0.05, 0) is 62.3 Å². The summed E-state index contributed by atoms with van der Waals surface area (Å²) in [6, 6.07) is 7.42. The number of fused-ring (bicyclic) bond motifs is 4. The Hall–Kier alpha value is -4.31. The number of nitrogens with two attached hydrogens (primary N) is 1. The normalized spacial score (nSPS) is 22.2. The largest absolute Gasteiger partial charge is 0.493 e. The van der Waals surface area contributed by atoms with Crippen LogP contribution in [0.2, 0.25) is 0 Å². The van der Waals surface area contributed by atoms with Crippen molar-refractivity contribution < 1.29 is 28.5 Å². The molecule has 4 heterocycles. The van der Waals surface area contributed by atoms with Gasteiger partial charge in [-0.3, -0.25) is 14.6 Å². The third-order valence-corrected chi connectivity index (χ3v) is 8.89. The minimum atomic E-state index is -0.976. The Morgan fingerprint density at radius 3 is 2.27 bits per heavy atom. The van der Waals surface area contributed by atoms with Crippen molar-refractivity contribution in [2.45, 2.75) is 56.7 Å². The Kier molecular flexibility index (Phi) is 8.11. The quantitative estimate of drug-likeness (QED) is 0.307. The molecule has 2 N–H and O–H groups in total. The maximum Gasteiger partial charge on any atom is 0.258 e. The summed E-state index contributed by atoms with van der Waals surface area (Å²) in [5.41, 5.74) is 10.2. The first-order valence-corrected chi connectivity index (χ1v) is 15.2. The van der Waals surface area contributed by atoms with Gasteiger partial charge in [-0.25, -0.2) is 0 Å². The van der Waals surface area contributed by atoms with Gasteiger partial charge >= 0.3 is 0 Å². The smallest absolute Gasteiger partial charge is 0.258 e. The summed E-state index contributed by atoms with van der Waals surface area (Å²) in [7, 11) is 3.15. The molecular weight excluding hydrogens is 560 g/mol. The van der Waals surface area contributed by atoms with Gasteiger partial charge in [-0.15, -0.1) is 0 Å². The van der Waals surface area contributed by atoms with Gasteiger partial charge < -0.3 is 34.5 Å². The standard InChI is InChI=1S/C34H40N4O6/c1-21-12-24-9-8-23-13-30(28(41-3)14-25(23)32(39)37(24)18-21)43-10-6-5-7-11-44-31-16-27-26(15-29(31)42-4)33(40)38-19-22(2)17-34(38,35)20-36-27/h13-16,20,24H,1-2,5-12,17-19,35H2,3-4H3/t24-,34+/m1/s1. The van der Waals surface area contributed by atoms with Crippen LogP contribution in [0.15, 0.2) is 53.6 Å². The van der Waals surface area contributed by atoms with Crippen molar-refractivity contribution >= 4 is 23.7 Å². The molecule has 0 unspecified atom stereocenters. The van der Waals surface area contributed by atoms with Crippen LogP contribution in [0.4, 0.5) is 5.69 Å². The van der Waals surface area contributed by atoms with Gasteiger partial charge in [0.05, 0.1) is 38.7 Å².